The molecule has 1 unspecified atom stereocenters. The summed E-state index contributed by atoms with van der Waals surface area (Å²) >= 11 is 3.79. The van der Waals surface area contributed by atoms with Gasteiger partial charge in [0.2, 0.25) is 5.91 Å². The molecule has 0 saturated heterocycles. The second-order valence-corrected chi connectivity index (χ2v) is 2.56. The summed E-state index contributed by atoms with van der Waals surface area (Å²) in [5, 5.41) is 9.81. The maximum atomic E-state index is 10.6. The van der Waals surface area contributed by atoms with E-state index < -0.39 is 11.2 Å². The SMILES string of the molecule is CC(S)C(=O)NCC(=O)O.[Na+]. The molecule has 2 N–H and O–H groups in total. The van der Waals surface area contributed by atoms with E-state index in [0.717, 1.165) is 0 Å². The van der Waals surface area contributed by atoms with Crippen molar-refractivity contribution < 1.29 is 44.3 Å². The third-order valence-electron chi connectivity index (χ3n) is 0.793. The van der Waals surface area contributed by atoms with Crippen molar-refractivity contribution in [2.75, 3.05) is 6.54 Å². The van der Waals surface area contributed by atoms with Crippen LogP contribution in [-0.4, -0.2) is 28.8 Å². The molecule has 0 saturated carbocycles. The molecule has 58 valence electrons. The summed E-state index contributed by atoms with van der Waals surface area (Å²) in [7, 11) is 0. The fourth-order valence-electron chi connectivity index (χ4n) is 0.310. The second-order valence-electron chi connectivity index (χ2n) is 1.79. The van der Waals surface area contributed by atoms with Crippen LogP contribution in [0.5, 0.6) is 0 Å². The maximum absolute atomic E-state index is 10.6. The third-order valence-corrected chi connectivity index (χ3v) is 1.03. The first-order chi connectivity index (χ1) is 4.54. The Morgan fingerprint density at radius 2 is 2.09 bits per heavy atom. The smallest absolute Gasteiger partial charge is 0.480 e. The van der Waals surface area contributed by atoms with Crippen LogP contribution in [0.1, 0.15) is 6.92 Å². The van der Waals surface area contributed by atoms with Gasteiger partial charge in [0.1, 0.15) is 6.54 Å². The van der Waals surface area contributed by atoms with Gasteiger partial charge in [-0.1, -0.05) is 0 Å². The van der Waals surface area contributed by atoms with Crippen LogP contribution in [-0.2, 0) is 9.59 Å². The molecule has 0 aromatic heterocycles. The minimum Gasteiger partial charge on any atom is -0.480 e. The fourth-order valence-corrected chi connectivity index (χ4v) is 0.402. The number of hydrogen-bond donors (Lipinski definition) is 3. The predicted molar refractivity (Wildman–Crippen MR) is 39.1 cm³/mol. The summed E-state index contributed by atoms with van der Waals surface area (Å²) in [4.78, 5) is 20.5. The van der Waals surface area contributed by atoms with Gasteiger partial charge in [-0.25, -0.2) is 0 Å². The van der Waals surface area contributed by atoms with E-state index in [1.807, 2.05) is 0 Å². The molecule has 1 atom stereocenters. The van der Waals surface area contributed by atoms with Crippen LogP contribution in [0.3, 0.4) is 0 Å². The number of carboxylic acids is 1. The van der Waals surface area contributed by atoms with Crippen molar-refractivity contribution in [2.24, 2.45) is 0 Å². The van der Waals surface area contributed by atoms with E-state index in [2.05, 4.69) is 17.9 Å². The van der Waals surface area contributed by atoms with Gasteiger partial charge in [-0.3, -0.25) is 9.59 Å². The van der Waals surface area contributed by atoms with Crippen molar-refractivity contribution in [1.82, 2.24) is 5.32 Å². The quantitative estimate of drug-likeness (QED) is 0.316. The number of amides is 1. The number of carbonyl (C=O) groups is 2. The summed E-state index contributed by atoms with van der Waals surface area (Å²) in [5.41, 5.74) is 0. The molecule has 4 nitrogen and oxygen atoms in total. The van der Waals surface area contributed by atoms with Crippen LogP contribution >= 0.6 is 12.6 Å². The molecule has 0 aromatic carbocycles. The van der Waals surface area contributed by atoms with Crippen LogP contribution in [0, 0.1) is 0 Å². The van der Waals surface area contributed by atoms with Gasteiger partial charge in [-0.15, -0.1) is 0 Å². The van der Waals surface area contributed by atoms with Gasteiger partial charge < -0.3 is 10.4 Å². The van der Waals surface area contributed by atoms with Gasteiger partial charge in [-0.2, -0.15) is 12.6 Å². The normalized spacial score (nSPS) is 11.1. The van der Waals surface area contributed by atoms with Gasteiger partial charge in [-0.05, 0) is 6.92 Å². The number of aliphatic carboxylic acids is 1. The van der Waals surface area contributed by atoms with Crippen molar-refractivity contribution >= 4 is 24.5 Å². The number of rotatable bonds is 3. The number of hydrogen-bond acceptors (Lipinski definition) is 3. The van der Waals surface area contributed by atoms with Crippen molar-refractivity contribution in [1.29, 1.82) is 0 Å². The molecule has 0 spiro atoms. The van der Waals surface area contributed by atoms with Gasteiger partial charge in [0.15, 0.2) is 0 Å². The molecule has 1 amide bonds. The molecule has 0 heterocycles. The van der Waals surface area contributed by atoms with E-state index in [-0.39, 0.29) is 42.0 Å². The Labute approximate surface area is 92.4 Å². The molecule has 0 bridgehead atoms. The number of thiol groups is 1. The van der Waals surface area contributed by atoms with Crippen LogP contribution in [0.25, 0.3) is 0 Å². The Morgan fingerprint density at radius 3 is 2.36 bits per heavy atom. The molecule has 0 aromatic rings. The van der Waals surface area contributed by atoms with Crippen molar-refractivity contribution in [2.45, 2.75) is 12.2 Å². The second kappa shape index (κ2) is 6.97. The topological polar surface area (TPSA) is 66.4 Å². The van der Waals surface area contributed by atoms with Crippen LogP contribution in [0.15, 0.2) is 0 Å². The molecule has 0 aliphatic heterocycles. The minimum atomic E-state index is -1.05. The summed E-state index contributed by atoms with van der Waals surface area (Å²) < 4.78 is 0. The van der Waals surface area contributed by atoms with E-state index >= 15 is 0 Å². The Hall–Kier alpha value is 0.290. The van der Waals surface area contributed by atoms with Crippen LogP contribution < -0.4 is 34.9 Å². The van der Waals surface area contributed by atoms with Crippen molar-refractivity contribution in [3.05, 3.63) is 0 Å². The molecule has 6 heteroatoms. The molecule has 0 aliphatic rings. The third kappa shape index (κ3) is 8.19. The molecule has 11 heavy (non-hydrogen) atoms. The average molecular weight is 186 g/mol. The minimum absolute atomic E-state index is 0. The number of nitrogens with one attached hydrogen (secondary N) is 1. The first kappa shape index (κ1) is 13.9. The summed E-state index contributed by atoms with van der Waals surface area (Å²) in [5.74, 6) is -1.42. The standard InChI is InChI=1S/C5H9NO3S.Na/c1-3(10)5(9)6-2-4(7)8;/h3,10H,2H2,1H3,(H,6,9)(H,7,8);/q;+1. The zero-order valence-corrected chi connectivity index (χ0v) is 9.39. The Kier molecular flexibility index (Phi) is 8.77. The zero-order valence-electron chi connectivity index (χ0n) is 6.50. The van der Waals surface area contributed by atoms with Crippen LogP contribution in [0.2, 0.25) is 0 Å². The van der Waals surface area contributed by atoms with Gasteiger partial charge >= 0.3 is 35.5 Å². The number of carbonyl (C=O) groups excluding carboxylic acids is 1. The van der Waals surface area contributed by atoms with E-state index in [9.17, 15) is 9.59 Å². The monoisotopic (exact) mass is 186 g/mol. The van der Waals surface area contributed by atoms with Gasteiger partial charge in [0.05, 0.1) is 5.25 Å². The number of carboxylic acid groups (broad SMARTS) is 1. The van der Waals surface area contributed by atoms with Gasteiger partial charge in [0, 0.05) is 0 Å². The van der Waals surface area contributed by atoms with Crippen molar-refractivity contribution in [3.63, 3.8) is 0 Å². The molecular formula is C5H9NNaO3S+. The molecule has 0 aliphatic carbocycles. The molecule has 0 rings (SSSR count). The maximum Gasteiger partial charge on any atom is 1.00 e. The van der Waals surface area contributed by atoms with E-state index in [0.29, 0.717) is 0 Å². The largest absolute Gasteiger partial charge is 1.00 e. The first-order valence-electron chi connectivity index (χ1n) is 2.71. The summed E-state index contributed by atoms with van der Waals surface area (Å²) in [6.07, 6.45) is 0. The van der Waals surface area contributed by atoms with E-state index in [1.165, 1.54) is 0 Å². The predicted octanol–water partition coefficient (Wildman–Crippen LogP) is -3.49. The zero-order chi connectivity index (χ0) is 8.15. The van der Waals surface area contributed by atoms with Crippen molar-refractivity contribution in [3.8, 4) is 0 Å². The van der Waals surface area contributed by atoms with E-state index in [1.54, 1.807) is 6.92 Å². The average Bonchev–Trinajstić information content (AvgIpc) is 1.82. The Balaban J connectivity index is 0. The first-order valence-corrected chi connectivity index (χ1v) is 3.23. The van der Waals surface area contributed by atoms with E-state index in [4.69, 9.17) is 5.11 Å². The Bertz CT molecular complexity index is 151. The Morgan fingerprint density at radius 1 is 1.64 bits per heavy atom. The van der Waals surface area contributed by atoms with Gasteiger partial charge in [0.25, 0.3) is 0 Å². The fraction of sp³-hybridized carbons (Fsp3) is 0.600. The molecule has 0 fully saturated rings. The molecular weight excluding hydrogens is 177 g/mol. The summed E-state index contributed by atoms with van der Waals surface area (Å²) in [6.45, 7) is 1.23. The molecule has 0 radical (unpaired) electrons. The summed E-state index contributed by atoms with van der Waals surface area (Å²) in [6, 6.07) is 0. The van der Waals surface area contributed by atoms with Crippen LogP contribution in [0.4, 0.5) is 0 Å².